The predicted octanol–water partition coefficient (Wildman–Crippen LogP) is 6.82. The summed E-state index contributed by atoms with van der Waals surface area (Å²) >= 11 is 6.25. The topological polar surface area (TPSA) is 12.5 Å². The average molecular weight is 390 g/mol. The molecular weight excluding hydrogens is 363 g/mol. The zero-order valence-electron chi connectivity index (χ0n) is 15.2. The first-order valence-electron chi connectivity index (χ1n) is 9.60. The number of alkyl halides is 3. The molecule has 0 radical (unpaired) electrons. The van der Waals surface area contributed by atoms with E-state index in [-0.39, 0.29) is 5.75 Å². The van der Waals surface area contributed by atoms with Crippen LogP contribution >= 0.6 is 11.6 Å². The quantitative estimate of drug-likeness (QED) is 0.560. The highest BCUT2D eigenvalue weighted by molar-refractivity contribution is 6.33. The van der Waals surface area contributed by atoms with Crippen LogP contribution in [0.1, 0.15) is 58.3 Å². The lowest BCUT2D eigenvalue weighted by molar-refractivity contribution is -0.274. The largest absolute Gasteiger partial charge is 0.573 e. The average Bonchev–Trinajstić information content (AvgIpc) is 2.59. The molecule has 6 heteroatoms. The van der Waals surface area contributed by atoms with Crippen LogP contribution in [0.4, 0.5) is 18.9 Å². The Morgan fingerprint density at radius 3 is 2.38 bits per heavy atom. The standard InChI is InChI=1S/C20H27ClF3NO/c1-2-3-15-6-8-19(9-7-15)10-12-25(13-11-19)18-14-16(4-5-17(18)21)26-20(22,23)24/h4-5,14-15H,2-3,6-13H2,1H3. The lowest BCUT2D eigenvalue weighted by Gasteiger charge is -2.46. The second-order valence-corrected chi connectivity index (χ2v) is 8.29. The van der Waals surface area contributed by atoms with Crippen molar-refractivity contribution in [3.8, 4) is 5.75 Å². The maximum atomic E-state index is 12.5. The highest BCUT2D eigenvalue weighted by Gasteiger charge is 2.38. The van der Waals surface area contributed by atoms with E-state index in [1.165, 1.54) is 56.7 Å². The van der Waals surface area contributed by atoms with Crippen molar-refractivity contribution in [2.45, 2.75) is 64.7 Å². The zero-order valence-corrected chi connectivity index (χ0v) is 16.0. The Labute approximate surface area is 158 Å². The summed E-state index contributed by atoms with van der Waals surface area (Å²) in [5.74, 6) is 0.673. The van der Waals surface area contributed by atoms with Gasteiger partial charge in [-0.05, 0) is 62.0 Å². The number of anilines is 1. The Hall–Kier alpha value is -1.10. The number of piperidine rings is 1. The molecule has 1 saturated carbocycles. The van der Waals surface area contributed by atoms with Gasteiger partial charge in [0.2, 0.25) is 0 Å². The molecule has 1 heterocycles. The molecule has 0 atom stereocenters. The number of rotatable bonds is 4. The predicted molar refractivity (Wildman–Crippen MR) is 98.9 cm³/mol. The van der Waals surface area contributed by atoms with Crippen LogP contribution in [0.3, 0.4) is 0 Å². The first kappa shape index (κ1) is 19.7. The molecule has 2 nitrogen and oxygen atoms in total. The maximum absolute atomic E-state index is 12.5. The van der Waals surface area contributed by atoms with Crippen molar-refractivity contribution >= 4 is 17.3 Å². The smallest absolute Gasteiger partial charge is 0.406 e. The van der Waals surface area contributed by atoms with E-state index in [2.05, 4.69) is 16.6 Å². The van der Waals surface area contributed by atoms with E-state index in [0.717, 1.165) is 31.8 Å². The molecule has 1 aliphatic heterocycles. The number of ether oxygens (including phenoxy) is 1. The molecule has 0 aromatic heterocycles. The summed E-state index contributed by atoms with van der Waals surface area (Å²) in [4.78, 5) is 2.11. The van der Waals surface area contributed by atoms with Crippen LogP contribution in [0.15, 0.2) is 18.2 Å². The van der Waals surface area contributed by atoms with E-state index in [1.54, 1.807) is 0 Å². The molecule has 2 aliphatic rings. The highest BCUT2D eigenvalue weighted by Crippen LogP contribution is 2.48. The van der Waals surface area contributed by atoms with Crippen molar-refractivity contribution in [2.24, 2.45) is 11.3 Å². The summed E-state index contributed by atoms with van der Waals surface area (Å²) in [6, 6.07) is 4.16. The van der Waals surface area contributed by atoms with Gasteiger partial charge in [0.05, 0.1) is 10.7 Å². The molecule has 3 rings (SSSR count). The van der Waals surface area contributed by atoms with Crippen LogP contribution in [0, 0.1) is 11.3 Å². The van der Waals surface area contributed by atoms with Crippen molar-refractivity contribution in [2.75, 3.05) is 18.0 Å². The molecule has 1 saturated heterocycles. The van der Waals surface area contributed by atoms with Crippen LogP contribution in [0.25, 0.3) is 0 Å². The maximum Gasteiger partial charge on any atom is 0.573 e. The lowest BCUT2D eigenvalue weighted by atomic mass is 9.65. The third-order valence-electron chi connectivity index (χ3n) is 6.18. The first-order valence-corrected chi connectivity index (χ1v) is 9.98. The molecule has 0 N–H and O–H groups in total. The molecule has 1 aliphatic carbocycles. The van der Waals surface area contributed by atoms with E-state index in [4.69, 9.17) is 11.6 Å². The minimum absolute atomic E-state index is 0.211. The third-order valence-corrected chi connectivity index (χ3v) is 6.50. The summed E-state index contributed by atoms with van der Waals surface area (Å²) in [5, 5.41) is 0.474. The van der Waals surface area contributed by atoms with Gasteiger partial charge in [-0.1, -0.05) is 31.4 Å². The fourth-order valence-electron chi connectivity index (χ4n) is 4.64. The molecule has 26 heavy (non-hydrogen) atoms. The van der Waals surface area contributed by atoms with E-state index < -0.39 is 6.36 Å². The van der Waals surface area contributed by atoms with Gasteiger partial charge in [-0.25, -0.2) is 0 Å². The minimum Gasteiger partial charge on any atom is -0.406 e. The summed E-state index contributed by atoms with van der Waals surface area (Å²) in [6.07, 6.45) is 5.32. The highest BCUT2D eigenvalue weighted by atomic mass is 35.5. The summed E-state index contributed by atoms with van der Waals surface area (Å²) in [7, 11) is 0. The van der Waals surface area contributed by atoms with E-state index in [9.17, 15) is 13.2 Å². The molecule has 0 unspecified atom stereocenters. The van der Waals surface area contributed by atoms with Crippen molar-refractivity contribution in [3.05, 3.63) is 23.2 Å². The van der Waals surface area contributed by atoms with Crippen molar-refractivity contribution in [3.63, 3.8) is 0 Å². The van der Waals surface area contributed by atoms with Gasteiger partial charge < -0.3 is 9.64 Å². The fraction of sp³-hybridized carbons (Fsp3) is 0.700. The van der Waals surface area contributed by atoms with E-state index in [0.29, 0.717) is 16.1 Å². The van der Waals surface area contributed by atoms with Gasteiger partial charge in [-0.2, -0.15) is 0 Å². The van der Waals surface area contributed by atoms with E-state index >= 15 is 0 Å². The van der Waals surface area contributed by atoms with Crippen molar-refractivity contribution in [1.29, 1.82) is 0 Å². The van der Waals surface area contributed by atoms with Crippen molar-refractivity contribution in [1.82, 2.24) is 0 Å². The monoisotopic (exact) mass is 389 g/mol. The van der Waals surface area contributed by atoms with Gasteiger partial charge in [-0.3, -0.25) is 0 Å². The van der Waals surface area contributed by atoms with Gasteiger partial charge in [-0.15, -0.1) is 13.2 Å². The second kappa shape index (κ2) is 7.87. The van der Waals surface area contributed by atoms with Crippen molar-refractivity contribution < 1.29 is 17.9 Å². The lowest BCUT2D eigenvalue weighted by Crippen LogP contribution is -2.42. The number of hydrogen-bond donors (Lipinski definition) is 0. The third kappa shape index (κ3) is 4.79. The molecule has 1 spiro atoms. The Morgan fingerprint density at radius 2 is 1.81 bits per heavy atom. The number of hydrogen-bond acceptors (Lipinski definition) is 2. The Kier molecular flexibility index (Phi) is 5.95. The summed E-state index contributed by atoms with van der Waals surface area (Å²) in [5.41, 5.74) is 1.07. The van der Waals surface area contributed by atoms with Crippen LogP contribution in [-0.4, -0.2) is 19.5 Å². The molecule has 1 aromatic rings. The number of nitrogens with zero attached hydrogens (tertiary/aromatic N) is 1. The molecular formula is C20H27ClF3NO. The first-order chi connectivity index (χ1) is 12.3. The van der Waals surface area contributed by atoms with Crippen LogP contribution in [0.2, 0.25) is 5.02 Å². The molecule has 146 valence electrons. The van der Waals surface area contributed by atoms with Gasteiger partial charge in [0.25, 0.3) is 0 Å². The Morgan fingerprint density at radius 1 is 1.15 bits per heavy atom. The van der Waals surface area contributed by atoms with Gasteiger partial charge >= 0.3 is 6.36 Å². The Bertz CT molecular complexity index is 602. The zero-order chi connectivity index (χ0) is 18.8. The SMILES string of the molecule is CCCC1CCC2(CC1)CCN(c1cc(OC(F)(F)F)ccc1Cl)CC2. The molecule has 0 amide bonds. The van der Waals surface area contributed by atoms with Gasteiger partial charge in [0.15, 0.2) is 0 Å². The van der Waals surface area contributed by atoms with Gasteiger partial charge in [0, 0.05) is 19.2 Å². The Balaban J connectivity index is 1.62. The van der Waals surface area contributed by atoms with Crippen LogP contribution in [-0.2, 0) is 0 Å². The summed E-state index contributed by atoms with van der Waals surface area (Å²) < 4.78 is 41.5. The summed E-state index contributed by atoms with van der Waals surface area (Å²) in [6.45, 7) is 3.94. The normalized spacial score (nSPS) is 21.2. The van der Waals surface area contributed by atoms with Crippen LogP contribution < -0.4 is 9.64 Å². The van der Waals surface area contributed by atoms with E-state index in [1.807, 2.05) is 0 Å². The minimum atomic E-state index is -4.69. The number of halogens is 4. The second-order valence-electron chi connectivity index (χ2n) is 7.88. The fourth-order valence-corrected chi connectivity index (χ4v) is 4.88. The molecule has 2 fully saturated rings. The van der Waals surface area contributed by atoms with Gasteiger partial charge in [0.1, 0.15) is 5.75 Å². The molecule has 1 aromatic carbocycles. The number of benzene rings is 1. The van der Waals surface area contributed by atoms with Crippen LogP contribution in [0.5, 0.6) is 5.75 Å². The molecule has 0 bridgehead atoms.